The first kappa shape index (κ1) is 32.0. The van der Waals surface area contributed by atoms with Crippen LogP contribution in [0.5, 0.6) is 0 Å². The molecule has 0 fully saturated rings. The Morgan fingerprint density at radius 1 is 0.844 bits per heavy atom. The first-order chi connectivity index (χ1) is 21.9. The van der Waals surface area contributed by atoms with Crippen LogP contribution in [0.15, 0.2) is 136 Å². The Bertz CT molecular complexity index is 1710. The lowest BCUT2D eigenvalue weighted by molar-refractivity contribution is -0.140. The third-order valence-electron chi connectivity index (χ3n) is 7.46. The SMILES string of the molecule is CC(=O)O/N=C(\CCCSc1ccc(Cl)cc1)c1ccc(N(c2ccccc2)c2ccc(C(=O)C3=C(C)CCC=C3)cc2)cc1. The monoisotopic (exact) mass is 634 g/mol. The highest BCUT2D eigenvalue weighted by atomic mass is 35.5. The van der Waals surface area contributed by atoms with Crippen LogP contribution in [0.3, 0.4) is 0 Å². The molecular formula is C38H35ClN2O3S. The Balaban J connectivity index is 1.36. The molecule has 228 valence electrons. The summed E-state index contributed by atoms with van der Waals surface area (Å²) in [6.45, 7) is 3.38. The molecule has 0 atom stereocenters. The van der Waals surface area contributed by atoms with E-state index in [1.165, 1.54) is 6.92 Å². The number of oxime groups is 1. The van der Waals surface area contributed by atoms with Gasteiger partial charge >= 0.3 is 5.97 Å². The number of carbonyl (C=O) groups is 2. The van der Waals surface area contributed by atoms with Gasteiger partial charge in [-0.2, -0.15) is 0 Å². The van der Waals surface area contributed by atoms with Crippen LogP contribution in [0.4, 0.5) is 17.1 Å². The molecule has 0 radical (unpaired) electrons. The Hall–Kier alpha value is -4.39. The zero-order valence-electron chi connectivity index (χ0n) is 25.4. The van der Waals surface area contributed by atoms with Crippen molar-refractivity contribution in [1.29, 1.82) is 0 Å². The fourth-order valence-corrected chi connectivity index (χ4v) is 6.09. The minimum Gasteiger partial charge on any atom is -0.318 e. The summed E-state index contributed by atoms with van der Waals surface area (Å²) in [6.07, 6.45) is 7.41. The molecule has 4 aromatic carbocycles. The van der Waals surface area contributed by atoms with Crippen molar-refractivity contribution in [2.45, 2.75) is 44.4 Å². The molecule has 5 nitrogen and oxygen atoms in total. The molecule has 1 aliphatic carbocycles. The van der Waals surface area contributed by atoms with Gasteiger partial charge in [-0.1, -0.05) is 64.8 Å². The standard InChI is InChI=1S/C38H35ClN2O3S/c1-27-9-6-7-12-36(27)38(43)30-16-22-34(23-17-30)41(32-10-4-3-5-11-32)33-20-14-29(15-21-33)37(40-44-28(2)42)13-8-26-45-35-24-18-31(39)19-25-35/h3-5,7,10-12,14-25H,6,8-9,13,26H2,1-2H3/b40-37+. The van der Waals surface area contributed by atoms with E-state index in [9.17, 15) is 9.59 Å². The number of hydrogen-bond donors (Lipinski definition) is 0. The third kappa shape index (κ3) is 8.62. The molecule has 0 amide bonds. The zero-order valence-corrected chi connectivity index (χ0v) is 27.0. The van der Waals surface area contributed by atoms with Crippen molar-refractivity contribution in [2.75, 3.05) is 10.7 Å². The highest BCUT2D eigenvalue weighted by molar-refractivity contribution is 7.99. The van der Waals surface area contributed by atoms with Gasteiger partial charge in [0.15, 0.2) is 5.78 Å². The van der Waals surface area contributed by atoms with Gasteiger partial charge in [-0.25, -0.2) is 4.79 Å². The molecule has 0 aliphatic heterocycles. The number of Topliss-reactive ketones (excluding diaryl/α,β-unsaturated/α-hetero) is 1. The number of benzene rings is 4. The smallest absolute Gasteiger partial charge is 0.318 e. The second-order valence-electron chi connectivity index (χ2n) is 10.8. The van der Waals surface area contributed by atoms with E-state index in [-0.39, 0.29) is 5.78 Å². The van der Waals surface area contributed by atoms with Gasteiger partial charge in [0.05, 0.1) is 5.71 Å². The van der Waals surface area contributed by atoms with Crippen LogP contribution < -0.4 is 4.90 Å². The quantitative estimate of drug-likeness (QED) is 0.0387. The van der Waals surface area contributed by atoms with Crippen molar-refractivity contribution in [1.82, 2.24) is 0 Å². The number of halogens is 1. The first-order valence-electron chi connectivity index (χ1n) is 15.0. The summed E-state index contributed by atoms with van der Waals surface area (Å²) in [6, 6.07) is 33.8. The Kier molecular flexibility index (Phi) is 11.1. The molecule has 0 heterocycles. The maximum Gasteiger partial charge on any atom is 0.331 e. The highest BCUT2D eigenvalue weighted by Crippen LogP contribution is 2.35. The van der Waals surface area contributed by atoms with E-state index in [0.29, 0.717) is 17.7 Å². The lowest BCUT2D eigenvalue weighted by atomic mass is 9.92. The number of ketones is 1. The van der Waals surface area contributed by atoms with Crippen LogP contribution in [0, 0.1) is 0 Å². The Morgan fingerprint density at radius 3 is 2.09 bits per heavy atom. The van der Waals surface area contributed by atoms with E-state index >= 15 is 0 Å². The number of carbonyl (C=O) groups excluding carboxylic acids is 2. The van der Waals surface area contributed by atoms with Gasteiger partial charge in [-0.15, -0.1) is 11.8 Å². The van der Waals surface area contributed by atoms with Crippen LogP contribution in [0.25, 0.3) is 0 Å². The van der Waals surface area contributed by atoms with Gasteiger partial charge in [0, 0.05) is 45.0 Å². The van der Waals surface area contributed by atoms with Crippen molar-refractivity contribution >= 4 is 57.9 Å². The maximum absolute atomic E-state index is 13.2. The number of allylic oxidation sites excluding steroid dienone is 4. The summed E-state index contributed by atoms with van der Waals surface area (Å²) in [5, 5.41) is 4.92. The summed E-state index contributed by atoms with van der Waals surface area (Å²) in [7, 11) is 0. The summed E-state index contributed by atoms with van der Waals surface area (Å²) in [5.74, 6) is 0.478. The molecule has 0 saturated carbocycles. The van der Waals surface area contributed by atoms with E-state index in [2.05, 4.69) is 28.3 Å². The topological polar surface area (TPSA) is 59.0 Å². The van der Waals surface area contributed by atoms with Crippen LogP contribution in [0.2, 0.25) is 5.02 Å². The fraction of sp³-hybridized carbons (Fsp3) is 0.184. The number of para-hydroxylation sites is 1. The van der Waals surface area contributed by atoms with Crippen molar-refractivity contribution < 1.29 is 14.4 Å². The van der Waals surface area contributed by atoms with Gasteiger partial charge in [-0.05, 0) is 117 Å². The second-order valence-corrected chi connectivity index (χ2v) is 12.4. The predicted molar refractivity (Wildman–Crippen MR) is 186 cm³/mol. The Labute approximate surface area is 274 Å². The van der Waals surface area contributed by atoms with E-state index in [0.717, 1.165) is 68.7 Å². The third-order valence-corrected chi connectivity index (χ3v) is 8.81. The van der Waals surface area contributed by atoms with Gasteiger partial charge in [-0.3, -0.25) is 4.79 Å². The lowest BCUT2D eigenvalue weighted by Gasteiger charge is -2.26. The first-order valence-corrected chi connectivity index (χ1v) is 16.3. The van der Waals surface area contributed by atoms with E-state index in [1.807, 2.05) is 104 Å². The van der Waals surface area contributed by atoms with Crippen molar-refractivity contribution in [2.24, 2.45) is 5.16 Å². The van der Waals surface area contributed by atoms with Crippen LogP contribution in [-0.2, 0) is 9.63 Å². The second kappa shape index (κ2) is 15.6. The number of nitrogens with zero attached hydrogens (tertiary/aromatic N) is 2. The molecule has 0 N–H and O–H groups in total. The summed E-state index contributed by atoms with van der Waals surface area (Å²) in [5.41, 5.74) is 7.06. The lowest BCUT2D eigenvalue weighted by Crippen LogP contribution is -2.11. The molecule has 0 aromatic heterocycles. The van der Waals surface area contributed by atoms with Gasteiger partial charge < -0.3 is 9.74 Å². The average molecular weight is 635 g/mol. The minimum atomic E-state index is -0.456. The molecule has 45 heavy (non-hydrogen) atoms. The van der Waals surface area contributed by atoms with Gasteiger partial charge in [0.1, 0.15) is 0 Å². The molecule has 1 aliphatic rings. The fourth-order valence-electron chi connectivity index (χ4n) is 5.11. The van der Waals surface area contributed by atoms with Gasteiger partial charge in [0.2, 0.25) is 0 Å². The van der Waals surface area contributed by atoms with E-state index in [1.54, 1.807) is 11.8 Å². The molecule has 0 bridgehead atoms. The molecular weight excluding hydrogens is 600 g/mol. The number of thioether (sulfide) groups is 1. The molecule has 0 spiro atoms. The summed E-state index contributed by atoms with van der Waals surface area (Å²) < 4.78 is 0. The predicted octanol–water partition coefficient (Wildman–Crippen LogP) is 10.5. The van der Waals surface area contributed by atoms with Crippen molar-refractivity contribution in [3.05, 3.63) is 143 Å². The molecule has 0 saturated heterocycles. The summed E-state index contributed by atoms with van der Waals surface area (Å²) >= 11 is 7.75. The normalized spacial score (nSPS) is 13.1. The molecule has 4 aromatic rings. The van der Waals surface area contributed by atoms with E-state index < -0.39 is 5.97 Å². The number of rotatable bonds is 12. The Morgan fingerprint density at radius 2 is 1.47 bits per heavy atom. The highest BCUT2D eigenvalue weighted by Gasteiger charge is 2.17. The van der Waals surface area contributed by atoms with Crippen molar-refractivity contribution in [3.63, 3.8) is 0 Å². The number of hydrogen-bond acceptors (Lipinski definition) is 6. The van der Waals surface area contributed by atoms with E-state index in [4.69, 9.17) is 16.4 Å². The van der Waals surface area contributed by atoms with Crippen LogP contribution in [-0.4, -0.2) is 23.2 Å². The summed E-state index contributed by atoms with van der Waals surface area (Å²) in [4.78, 5) is 33.2. The largest absolute Gasteiger partial charge is 0.331 e. The zero-order chi connectivity index (χ0) is 31.6. The molecule has 7 heteroatoms. The molecule has 5 rings (SSSR count). The minimum absolute atomic E-state index is 0.0526. The maximum atomic E-state index is 13.2. The average Bonchev–Trinajstić information content (AvgIpc) is 3.06. The number of anilines is 3. The van der Waals surface area contributed by atoms with Crippen LogP contribution in [0.1, 0.15) is 55.5 Å². The van der Waals surface area contributed by atoms with Crippen LogP contribution >= 0.6 is 23.4 Å². The van der Waals surface area contributed by atoms with Crippen molar-refractivity contribution in [3.8, 4) is 0 Å². The molecule has 0 unspecified atom stereocenters. The van der Waals surface area contributed by atoms with Gasteiger partial charge in [0.25, 0.3) is 0 Å².